The van der Waals surface area contributed by atoms with Crippen LogP contribution >= 0.6 is 0 Å². The molecule has 27 heavy (non-hydrogen) atoms. The maximum Gasteiger partial charge on any atom is 0.0972 e. The summed E-state index contributed by atoms with van der Waals surface area (Å²) in [4.78, 5) is 0. The zero-order valence-electron chi connectivity index (χ0n) is 15.3. The van der Waals surface area contributed by atoms with Crippen LogP contribution in [0.3, 0.4) is 0 Å². The standard InChI is InChI=1S/C22H25N3O2/c26-16-20(21-12-7-13-27-21)23-14-18-15-25(19-10-5-2-6-11-19)24-22(18)17-8-3-1-4-9-17/h1-6,8-11,15,20-21,23,26H,7,12-14,16H2. The molecule has 1 saturated heterocycles. The van der Waals surface area contributed by atoms with Crippen molar-refractivity contribution in [3.63, 3.8) is 0 Å². The molecule has 0 spiro atoms. The largest absolute Gasteiger partial charge is 0.395 e. The second-order valence-corrected chi connectivity index (χ2v) is 6.87. The first kappa shape index (κ1) is 17.9. The molecule has 0 amide bonds. The lowest BCUT2D eigenvalue weighted by Crippen LogP contribution is -2.42. The maximum absolute atomic E-state index is 9.77. The molecule has 0 radical (unpaired) electrons. The lowest BCUT2D eigenvalue weighted by atomic mass is 10.1. The Balaban J connectivity index is 1.61. The highest BCUT2D eigenvalue weighted by Gasteiger charge is 2.25. The van der Waals surface area contributed by atoms with Gasteiger partial charge in [-0.3, -0.25) is 0 Å². The molecule has 1 aliphatic heterocycles. The van der Waals surface area contributed by atoms with E-state index in [4.69, 9.17) is 9.84 Å². The van der Waals surface area contributed by atoms with E-state index >= 15 is 0 Å². The van der Waals surface area contributed by atoms with Crippen LogP contribution in [0.15, 0.2) is 66.9 Å². The van der Waals surface area contributed by atoms with E-state index in [9.17, 15) is 5.11 Å². The van der Waals surface area contributed by atoms with E-state index in [1.807, 2.05) is 53.2 Å². The molecule has 1 aliphatic rings. The summed E-state index contributed by atoms with van der Waals surface area (Å²) in [5.41, 5.74) is 4.16. The predicted molar refractivity (Wildman–Crippen MR) is 106 cm³/mol. The minimum absolute atomic E-state index is 0.0591. The van der Waals surface area contributed by atoms with Gasteiger partial charge in [0, 0.05) is 30.5 Å². The fourth-order valence-electron chi connectivity index (χ4n) is 3.57. The Bertz CT molecular complexity index is 843. The van der Waals surface area contributed by atoms with Crippen LogP contribution in [0.1, 0.15) is 18.4 Å². The third-order valence-corrected chi connectivity index (χ3v) is 5.02. The summed E-state index contributed by atoms with van der Waals surface area (Å²) in [5.74, 6) is 0. The molecule has 0 bridgehead atoms. The molecule has 4 rings (SSSR count). The van der Waals surface area contributed by atoms with Gasteiger partial charge in [-0.05, 0) is 25.0 Å². The van der Waals surface area contributed by atoms with Gasteiger partial charge in [0.05, 0.1) is 30.1 Å². The number of aliphatic hydroxyl groups excluding tert-OH is 1. The molecule has 5 nitrogen and oxygen atoms in total. The molecule has 1 aromatic heterocycles. The lowest BCUT2D eigenvalue weighted by Gasteiger charge is -2.22. The first-order valence-electron chi connectivity index (χ1n) is 9.50. The van der Waals surface area contributed by atoms with Crippen LogP contribution in [-0.2, 0) is 11.3 Å². The lowest BCUT2D eigenvalue weighted by molar-refractivity contribution is 0.0550. The predicted octanol–water partition coefficient (Wildman–Crippen LogP) is 3.17. The highest BCUT2D eigenvalue weighted by molar-refractivity contribution is 5.63. The molecule has 2 N–H and O–H groups in total. The van der Waals surface area contributed by atoms with E-state index in [1.54, 1.807) is 0 Å². The molecule has 140 valence electrons. The van der Waals surface area contributed by atoms with Gasteiger partial charge in [-0.1, -0.05) is 48.5 Å². The number of hydrogen-bond acceptors (Lipinski definition) is 4. The van der Waals surface area contributed by atoms with Crippen LogP contribution in [0.2, 0.25) is 0 Å². The van der Waals surface area contributed by atoms with Crippen LogP contribution in [0.25, 0.3) is 16.9 Å². The number of aliphatic hydroxyl groups is 1. The van der Waals surface area contributed by atoms with E-state index in [0.717, 1.165) is 42.0 Å². The quantitative estimate of drug-likeness (QED) is 0.677. The Hall–Kier alpha value is -2.47. The van der Waals surface area contributed by atoms with Crippen molar-refractivity contribution in [2.24, 2.45) is 0 Å². The Labute approximate surface area is 159 Å². The van der Waals surface area contributed by atoms with Gasteiger partial charge in [0.25, 0.3) is 0 Å². The first-order chi connectivity index (χ1) is 13.3. The van der Waals surface area contributed by atoms with E-state index in [1.165, 1.54) is 0 Å². The number of ether oxygens (including phenoxy) is 1. The van der Waals surface area contributed by atoms with Crippen LogP contribution in [0.5, 0.6) is 0 Å². The van der Waals surface area contributed by atoms with Crippen molar-refractivity contribution in [3.8, 4) is 16.9 Å². The van der Waals surface area contributed by atoms with E-state index in [0.29, 0.717) is 6.54 Å². The summed E-state index contributed by atoms with van der Waals surface area (Å²) in [5, 5.41) is 18.1. The summed E-state index contributed by atoms with van der Waals surface area (Å²) in [6.07, 6.45) is 4.20. The van der Waals surface area contributed by atoms with Crippen LogP contribution in [0, 0.1) is 0 Å². The number of benzene rings is 2. The number of nitrogens with one attached hydrogen (secondary N) is 1. The Morgan fingerprint density at radius 1 is 1.11 bits per heavy atom. The molecule has 0 saturated carbocycles. The molecule has 1 fully saturated rings. The molecule has 5 heteroatoms. The number of nitrogens with zero attached hydrogens (tertiary/aromatic N) is 2. The summed E-state index contributed by atoms with van der Waals surface area (Å²) in [7, 11) is 0. The zero-order valence-corrected chi connectivity index (χ0v) is 15.3. The number of hydrogen-bond donors (Lipinski definition) is 2. The van der Waals surface area contributed by atoms with Crippen molar-refractivity contribution < 1.29 is 9.84 Å². The second-order valence-electron chi connectivity index (χ2n) is 6.87. The van der Waals surface area contributed by atoms with Crippen molar-refractivity contribution in [1.29, 1.82) is 0 Å². The summed E-state index contributed by atoms with van der Waals surface area (Å²) < 4.78 is 7.66. The summed E-state index contributed by atoms with van der Waals surface area (Å²) in [6.45, 7) is 1.48. The molecule has 2 unspecified atom stereocenters. The summed E-state index contributed by atoms with van der Waals surface area (Å²) in [6, 6.07) is 20.3. The van der Waals surface area contributed by atoms with Gasteiger partial charge in [0.1, 0.15) is 0 Å². The summed E-state index contributed by atoms with van der Waals surface area (Å²) >= 11 is 0. The molecular formula is C22H25N3O2. The number of para-hydroxylation sites is 1. The van der Waals surface area contributed by atoms with Crippen molar-refractivity contribution in [1.82, 2.24) is 15.1 Å². The van der Waals surface area contributed by atoms with Crippen molar-refractivity contribution >= 4 is 0 Å². The monoisotopic (exact) mass is 363 g/mol. The highest BCUT2D eigenvalue weighted by Crippen LogP contribution is 2.24. The fourth-order valence-corrected chi connectivity index (χ4v) is 3.57. The van der Waals surface area contributed by atoms with Crippen LogP contribution in [-0.4, -0.2) is 40.2 Å². The van der Waals surface area contributed by atoms with Gasteiger partial charge in [-0.15, -0.1) is 0 Å². The van der Waals surface area contributed by atoms with Gasteiger partial charge in [-0.25, -0.2) is 4.68 Å². The van der Waals surface area contributed by atoms with E-state index < -0.39 is 0 Å². The molecule has 0 aliphatic carbocycles. The van der Waals surface area contributed by atoms with Crippen molar-refractivity contribution in [3.05, 3.63) is 72.4 Å². The smallest absolute Gasteiger partial charge is 0.0972 e. The first-order valence-corrected chi connectivity index (χ1v) is 9.50. The van der Waals surface area contributed by atoms with Gasteiger partial charge in [-0.2, -0.15) is 5.10 Å². The molecule has 3 aromatic rings. The van der Waals surface area contributed by atoms with Crippen LogP contribution < -0.4 is 5.32 Å². The van der Waals surface area contributed by atoms with Crippen molar-refractivity contribution in [2.75, 3.05) is 13.2 Å². The molecule has 2 heterocycles. The molecule has 2 atom stereocenters. The average Bonchev–Trinajstić information content (AvgIpc) is 3.40. The zero-order chi connectivity index (χ0) is 18.5. The van der Waals surface area contributed by atoms with E-state index in [2.05, 4.69) is 23.6 Å². The van der Waals surface area contributed by atoms with Gasteiger partial charge in [0.2, 0.25) is 0 Å². The van der Waals surface area contributed by atoms with Gasteiger partial charge >= 0.3 is 0 Å². The topological polar surface area (TPSA) is 59.3 Å². The molecule has 2 aromatic carbocycles. The third kappa shape index (κ3) is 4.11. The highest BCUT2D eigenvalue weighted by atomic mass is 16.5. The normalized spacial score (nSPS) is 17.9. The minimum Gasteiger partial charge on any atom is -0.395 e. The maximum atomic E-state index is 9.77. The van der Waals surface area contributed by atoms with Gasteiger partial charge in [0.15, 0.2) is 0 Å². The Morgan fingerprint density at radius 3 is 2.52 bits per heavy atom. The second kappa shape index (κ2) is 8.48. The Morgan fingerprint density at radius 2 is 1.85 bits per heavy atom. The average molecular weight is 363 g/mol. The number of aromatic nitrogens is 2. The fraction of sp³-hybridized carbons (Fsp3) is 0.318. The van der Waals surface area contributed by atoms with E-state index in [-0.39, 0.29) is 18.8 Å². The minimum atomic E-state index is -0.0591. The Kier molecular flexibility index (Phi) is 5.63. The van der Waals surface area contributed by atoms with Crippen LogP contribution in [0.4, 0.5) is 0 Å². The molecular weight excluding hydrogens is 338 g/mol. The SMILES string of the molecule is OCC(NCc1cn(-c2ccccc2)nc1-c1ccccc1)C1CCCO1. The van der Waals surface area contributed by atoms with Crippen molar-refractivity contribution in [2.45, 2.75) is 31.5 Å². The van der Waals surface area contributed by atoms with Gasteiger partial charge < -0.3 is 15.2 Å². The third-order valence-electron chi connectivity index (χ3n) is 5.02. The number of rotatable bonds is 7.